The van der Waals surface area contributed by atoms with Crippen LogP contribution in [0, 0.1) is 12.7 Å². The Morgan fingerprint density at radius 2 is 1.61 bits per heavy atom. The molecule has 158 valence electrons. The van der Waals surface area contributed by atoms with Crippen molar-refractivity contribution in [2.24, 2.45) is 0 Å². The zero-order valence-corrected chi connectivity index (χ0v) is 18.3. The van der Waals surface area contributed by atoms with Crippen molar-refractivity contribution < 1.29 is 18.8 Å². The Morgan fingerprint density at radius 3 is 2.32 bits per heavy atom. The minimum atomic E-state index is -0.461. The zero-order chi connectivity index (χ0) is 22.4. The minimum absolute atomic E-state index is 0.0752. The first kappa shape index (κ1) is 22.4. The maximum absolute atomic E-state index is 13.1. The number of rotatable bonds is 7. The molecule has 0 spiro atoms. The first-order valence-electron chi connectivity index (χ1n) is 9.58. The lowest BCUT2D eigenvalue weighted by Crippen LogP contribution is -2.29. The van der Waals surface area contributed by atoms with E-state index in [1.165, 1.54) is 30.3 Å². The highest BCUT2D eigenvalue weighted by Gasteiger charge is 2.18. The summed E-state index contributed by atoms with van der Waals surface area (Å²) in [5.74, 6) is -1.53. The number of hydrogen-bond donors (Lipinski definition) is 2. The fraction of sp³-hybridized carbons (Fsp3) is 0.125. The number of carbonyl (C=O) groups is 3. The molecule has 31 heavy (non-hydrogen) atoms. The molecule has 0 atom stereocenters. The lowest BCUT2D eigenvalue weighted by atomic mass is 9.98. The van der Waals surface area contributed by atoms with Crippen LogP contribution in [-0.2, 0) is 4.79 Å². The fourth-order valence-electron chi connectivity index (χ4n) is 2.96. The van der Waals surface area contributed by atoms with Crippen LogP contribution in [0.5, 0.6) is 0 Å². The highest BCUT2D eigenvalue weighted by Crippen LogP contribution is 2.20. The highest BCUT2D eigenvalue weighted by atomic mass is 79.9. The van der Waals surface area contributed by atoms with Crippen molar-refractivity contribution in [2.75, 3.05) is 11.9 Å². The van der Waals surface area contributed by atoms with Gasteiger partial charge in [-0.3, -0.25) is 14.4 Å². The highest BCUT2D eigenvalue weighted by molar-refractivity contribution is 9.10. The summed E-state index contributed by atoms with van der Waals surface area (Å²) >= 11 is 3.37. The smallest absolute Gasteiger partial charge is 0.252 e. The number of amides is 2. The molecule has 0 radical (unpaired) electrons. The summed E-state index contributed by atoms with van der Waals surface area (Å²) in [6.07, 6.45) is 0.0752. The van der Waals surface area contributed by atoms with Crippen molar-refractivity contribution >= 4 is 39.2 Å². The molecule has 0 fully saturated rings. The third kappa shape index (κ3) is 5.86. The molecule has 0 bridgehead atoms. The molecule has 3 aromatic carbocycles. The van der Waals surface area contributed by atoms with Crippen molar-refractivity contribution in [3.63, 3.8) is 0 Å². The Balaban J connectivity index is 1.62. The maximum Gasteiger partial charge on any atom is 0.252 e. The van der Waals surface area contributed by atoms with Gasteiger partial charge in [-0.25, -0.2) is 4.39 Å². The van der Waals surface area contributed by atoms with E-state index in [4.69, 9.17) is 0 Å². The number of benzene rings is 3. The van der Waals surface area contributed by atoms with E-state index >= 15 is 0 Å². The molecule has 2 amide bonds. The van der Waals surface area contributed by atoms with Gasteiger partial charge in [-0.05, 0) is 55.0 Å². The van der Waals surface area contributed by atoms with Gasteiger partial charge in [0.15, 0.2) is 5.78 Å². The second-order valence-electron chi connectivity index (χ2n) is 6.89. The van der Waals surface area contributed by atoms with Crippen molar-refractivity contribution in [3.05, 3.63) is 99.3 Å². The van der Waals surface area contributed by atoms with E-state index < -0.39 is 11.7 Å². The molecular weight excluding hydrogens is 463 g/mol. The van der Waals surface area contributed by atoms with E-state index in [1.54, 1.807) is 18.2 Å². The van der Waals surface area contributed by atoms with E-state index in [2.05, 4.69) is 26.6 Å². The fourth-order valence-corrected chi connectivity index (χ4v) is 3.32. The van der Waals surface area contributed by atoms with Gasteiger partial charge < -0.3 is 10.6 Å². The molecule has 0 aliphatic heterocycles. The van der Waals surface area contributed by atoms with E-state index in [0.717, 1.165) is 10.0 Å². The Kier molecular flexibility index (Phi) is 7.31. The van der Waals surface area contributed by atoms with Crippen molar-refractivity contribution in [3.8, 4) is 0 Å². The summed E-state index contributed by atoms with van der Waals surface area (Å²) < 4.78 is 14.0. The number of nitrogens with one attached hydrogen (secondary N) is 2. The Bertz CT molecular complexity index is 1130. The van der Waals surface area contributed by atoms with Gasteiger partial charge in [0.2, 0.25) is 5.91 Å². The second-order valence-corrected chi connectivity index (χ2v) is 7.81. The standard InChI is InChI=1S/C24H20BrFN2O3/c1-15-6-9-17(25)14-21(15)28-22(29)12-13-27-24(31)20-5-3-2-4-19(20)23(30)16-7-10-18(26)11-8-16/h2-11,14H,12-13H2,1H3,(H,27,31)(H,28,29). The zero-order valence-electron chi connectivity index (χ0n) is 16.7. The van der Waals surface area contributed by atoms with Crippen LogP contribution in [0.1, 0.15) is 38.3 Å². The molecule has 0 saturated carbocycles. The van der Waals surface area contributed by atoms with Crippen LogP contribution in [-0.4, -0.2) is 24.1 Å². The number of aryl methyl sites for hydroxylation is 1. The van der Waals surface area contributed by atoms with Crippen molar-refractivity contribution in [2.45, 2.75) is 13.3 Å². The molecule has 0 aromatic heterocycles. The molecule has 0 aliphatic rings. The molecule has 2 N–H and O–H groups in total. The number of hydrogen-bond acceptors (Lipinski definition) is 3. The number of carbonyl (C=O) groups excluding carboxylic acids is 3. The van der Waals surface area contributed by atoms with Crippen LogP contribution in [0.25, 0.3) is 0 Å². The van der Waals surface area contributed by atoms with Gasteiger partial charge in [-0.15, -0.1) is 0 Å². The van der Waals surface area contributed by atoms with E-state index in [-0.39, 0.29) is 41.3 Å². The quantitative estimate of drug-likeness (QED) is 0.471. The Labute approximate surface area is 187 Å². The average molecular weight is 483 g/mol. The molecule has 0 heterocycles. The SMILES string of the molecule is Cc1ccc(Br)cc1NC(=O)CCNC(=O)c1ccccc1C(=O)c1ccc(F)cc1. The van der Waals surface area contributed by atoms with E-state index in [1.807, 2.05) is 25.1 Å². The largest absolute Gasteiger partial charge is 0.351 e. The summed E-state index contributed by atoms with van der Waals surface area (Å²) in [6, 6.07) is 17.1. The molecule has 5 nitrogen and oxygen atoms in total. The first-order valence-corrected chi connectivity index (χ1v) is 10.4. The topological polar surface area (TPSA) is 75.3 Å². The number of anilines is 1. The van der Waals surface area contributed by atoms with Crippen LogP contribution in [0.3, 0.4) is 0 Å². The number of halogens is 2. The van der Waals surface area contributed by atoms with Gasteiger partial charge in [0, 0.05) is 34.3 Å². The summed E-state index contributed by atoms with van der Waals surface area (Å²) in [5.41, 5.74) is 2.31. The maximum atomic E-state index is 13.1. The van der Waals surface area contributed by atoms with Crippen LogP contribution in [0.4, 0.5) is 10.1 Å². The average Bonchev–Trinajstić information content (AvgIpc) is 2.76. The summed E-state index contributed by atoms with van der Waals surface area (Å²) in [4.78, 5) is 37.6. The van der Waals surface area contributed by atoms with Gasteiger partial charge in [0.1, 0.15) is 5.82 Å². The summed E-state index contributed by atoms with van der Waals surface area (Å²) in [5, 5.41) is 5.49. The third-order valence-corrected chi connectivity index (χ3v) is 5.13. The second kappa shape index (κ2) is 10.1. The van der Waals surface area contributed by atoms with Gasteiger partial charge >= 0.3 is 0 Å². The molecule has 7 heteroatoms. The molecule has 0 unspecified atom stereocenters. The van der Waals surface area contributed by atoms with Crippen molar-refractivity contribution in [1.29, 1.82) is 0 Å². The van der Waals surface area contributed by atoms with E-state index in [9.17, 15) is 18.8 Å². The molecule has 3 aromatic rings. The molecule has 3 rings (SSSR count). The lowest BCUT2D eigenvalue weighted by molar-refractivity contribution is -0.116. The van der Waals surface area contributed by atoms with Crippen LogP contribution in [0.15, 0.2) is 71.2 Å². The molecule has 0 saturated heterocycles. The van der Waals surface area contributed by atoms with Crippen LogP contribution < -0.4 is 10.6 Å². The van der Waals surface area contributed by atoms with E-state index in [0.29, 0.717) is 5.69 Å². The van der Waals surface area contributed by atoms with Gasteiger partial charge in [0.05, 0.1) is 5.56 Å². The monoisotopic (exact) mass is 482 g/mol. The first-order chi connectivity index (χ1) is 14.8. The van der Waals surface area contributed by atoms with Gasteiger partial charge in [0.25, 0.3) is 5.91 Å². The predicted molar refractivity (Wildman–Crippen MR) is 121 cm³/mol. The third-order valence-electron chi connectivity index (χ3n) is 4.63. The number of ketones is 1. The van der Waals surface area contributed by atoms with Crippen LogP contribution >= 0.6 is 15.9 Å². The molecule has 0 aliphatic carbocycles. The normalized spacial score (nSPS) is 10.4. The van der Waals surface area contributed by atoms with Gasteiger partial charge in [-0.2, -0.15) is 0 Å². The Hall–Kier alpha value is -3.32. The lowest BCUT2D eigenvalue weighted by Gasteiger charge is -2.11. The predicted octanol–water partition coefficient (Wildman–Crippen LogP) is 4.89. The summed E-state index contributed by atoms with van der Waals surface area (Å²) in [7, 11) is 0. The molecular formula is C24H20BrFN2O3. The minimum Gasteiger partial charge on any atom is -0.351 e. The van der Waals surface area contributed by atoms with Crippen molar-refractivity contribution in [1.82, 2.24) is 5.32 Å². The van der Waals surface area contributed by atoms with Crippen LogP contribution in [0.2, 0.25) is 0 Å². The Morgan fingerprint density at radius 1 is 0.935 bits per heavy atom. The summed E-state index contributed by atoms with van der Waals surface area (Å²) in [6.45, 7) is 2.00. The van der Waals surface area contributed by atoms with Gasteiger partial charge in [-0.1, -0.05) is 40.2 Å².